The zero-order valence-electron chi connectivity index (χ0n) is 16.3. The molecule has 0 aromatic carbocycles. The predicted octanol–water partition coefficient (Wildman–Crippen LogP) is 1.78. The number of anilines is 2. The molecule has 5 heterocycles. The van der Waals surface area contributed by atoms with Gasteiger partial charge in [0.25, 0.3) is 5.91 Å². The number of fused-ring (bicyclic) bond motifs is 2. The van der Waals surface area contributed by atoms with Gasteiger partial charge in [-0.3, -0.25) is 4.79 Å². The first kappa shape index (κ1) is 18.4. The van der Waals surface area contributed by atoms with Crippen LogP contribution in [0.3, 0.4) is 0 Å². The lowest BCUT2D eigenvalue weighted by molar-refractivity contribution is 0.102. The molecule has 1 amide bonds. The highest BCUT2D eigenvalue weighted by Gasteiger charge is 2.20. The summed E-state index contributed by atoms with van der Waals surface area (Å²) in [5.74, 6) is -1.00. The van der Waals surface area contributed by atoms with Crippen molar-refractivity contribution in [3.05, 3.63) is 54.1 Å². The van der Waals surface area contributed by atoms with Gasteiger partial charge >= 0.3 is 0 Å². The first-order valence-electron chi connectivity index (χ1n) is 9.62. The molecule has 1 fully saturated rings. The van der Waals surface area contributed by atoms with E-state index in [2.05, 4.69) is 35.7 Å². The number of piperazine rings is 1. The molecule has 0 saturated carbocycles. The number of hydrogen-bond acceptors (Lipinski definition) is 7. The molecule has 0 spiro atoms. The number of aryl methyl sites for hydroxylation is 1. The molecule has 1 saturated heterocycles. The third-order valence-electron chi connectivity index (χ3n) is 5.09. The van der Waals surface area contributed by atoms with Crippen molar-refractivity contribution in [3.63, 3.8) is 0 Å². The SMILES string of the molecule is Cc1cn2cc(NC(=O)c3ncc(N4CCNCC4)c4ccnnc34)cc(F)c2n1. The molecule has 4 aromatic heterocycles. The zero-order valence-corrected chi connectivity index (χ0v) is 16.3. The Morgan fingerprint density at radius 1 is 1.27 bits per heavy atom. The van der Waals surface area contributed by atoms with Crippen LogP contribution in [0.2, 0.25) is 0 Å². The monoisotopic (exact) mass is 406 g/mol. The fourth-order valence-corrected chi connectivity index (χ4v) is 3.73. The molecule has 4 aromatic rings. The van der Waals surface area contributed by atoms with Crippen molar-refractivity contribution >= 4 is 33.8 Å². The smallest absolute Gasteiger partial charge is 0.276 e. The highest BCUT2D eigenvalue weighted by molar-refractivity contribution is 6.12. The van der Waals surface area contributed by atoms with Crippen LogP contribution in [0.15, 0.2) is 36.9 Å². The number of halogens is 1. The van der Waals surface area contributed by atoms with Gasteiger partial charge in [-0.2, -0.15) is 5.10 Å². The summed E-state index contributed by atoms with van der Waals surface area (Å²) >= 11 is 0. The molecule has 0 radical (unpaired) electrons. The van der Waals surface area contributed by atoms with Gasteiger partial charge in [0.05, 0.1) is 29.5 Å². The minimum Gasteiger partial charge on any atom is -0.367 e. The Bertz CT molecular complexity index is 1260. The summed E-state index contributed by atoms with van der Waals surface area (Å²) in [7, 11) is 0. The lowest BCUT2D eigenvalue weighted by Gasteiger charge is -2.30. The van der Waals surface area contributed by atoms with E-state index in [1.54, 1.807) is 36.1 Å². The van der Waals surface area contributed by atoms with Gasteiger partial charge in [-0.05, 0) is 13.0 Å². The van der Waals surface area contributed by atoms with E-state index in [-0.39, 0.29) is 11.3 Å². The van der Waals surface area contributed by atoms with Crippen molar-refractivity contribution in [2.24, 2.45) is 0 Å². The average Bonchev–Trinajstić information content (AvgIpc) is 3.14. The molecular weight excluding hydrogens is 387 g/mol. The summed E-state index contributed by atoms with van der Waals surface area (Å²) in [6.07, 6.45) is 6.59. The number of rotatable bonds is 3. The average molecular weight is 406 g/mol. The molecule has 5 rings (SSSR count). The van der Waals surface area contributed by atoms with Crippen molar-refractivity contribution in [3.8, 4) is 0 Å². The van der Waals surface area contributed by atoms with Gasteiger partial charge in [-0.1, -0.05) is 0 Å². The molecule has 0 aliphatic carbocycles. The topological polar surface area (TPSA) is 100 Å². The number of carbonyl (C=O) groups excluding carboxylic acids is 1. The molecule has 2 N–H and O–H groups in total. The van der Waals surface area contributed by atoms with Crippen molar-refractivity contribution in [1.29, 1.82) is 0 Å². The Balaban J connectivity index is 1.51. The Morgan fingerprint density at radius 2 is 2.10 bits per heavy atom. The maximum Gasteiger partial charge on any atom is 0.276 e. The quantitative estimate of drug-likeness (QED) is 0.535. The first-order valence-corrected chi connectivity index (χ1v) is 9.62. The third kappa shape index (κ3) is 3.20. The Kier molecular flexibility index (Phi) is 4.47. The highest BCUT2D eigenvalue weighted by atomic mass is 19.1. The second-order valence-electron chi connectivity index (χ2n) is 7.17. The van der Waals surface area contributed by atoms with E-state index < -0.39 is 11.7 Å². The number of pyridine rings is 2. The van der Waals surface area contributed by atoms with Gasteiger partial charge in [0.1, 0.15) is 5.52 Å². The highest BCUT2D eigenvalue weighted by Crippen LogP contribution is 2.27. The number of hydrogen-bond donors (Lipinski definition) is 2. The van der Waals surface area contributed by atoms with Crippen molar-refractivity contribution < 1.29 is 9.18 Å². The predicted molar refractivity (Wildman–Crippen MR) is 110 cm³/mol. The third-order valence-corrected chi connectivity index (χ3v) is 5.09. The van der Waals surface area contributed by atoms with Gasteiger partial charge < -0.3 is 19.9 Å². The van der Waals surface area contributed by atoms with E-state index in [0.717, 1.165) is 37.3 Å². The number of aromatic nitrogens is 5. The summed E-state index contributed by atoms with van der Waals surface area (Å²) in [6, 6.07) is 3.07. The maximum atomic E-state index is 14.3. The van der Waals surface area contributed by atoms with E-state index in [9.17, 15) is 9.18 Å². The van der Waals surface area contributed by atoms with Crippen LogP contribution in [0.25, 0.3) is 16.6 Å². The number of carbonyl (C=O) groups is 1. The number of nitrogens with zero attached hydrogens (tertiary/aromatic N) is 6. The van der Waals surface area contributed by atoms with E-state index in [4.69, 9.17) is 0 Å². The van der Waals surface area contributed by atoms with Crippen molar-refractivity contribution in [1.82, 2.24) is 29.9 Å². The normalized spacial score (nSPS) is 14.4. The number of amides is 1. The van der Waals surface area contributed by atoms with Crippen LogP contribution in [0, 0.1) is 12.7 Å². The fraction of sp³-hybridized carbons (Fsp3) is 0.250. The lowest BCUT2D eigenvalue weighted by Crippen LogP contribution is -2.43. The standard InChI is InChI=1S/C20H19FN8O/c1-12-10-29-11-13(8-15(21)19(29)25-12)26-20(30)18-17-14(2-3-24-27-17)16(9-23-18)28-6-4-22-5-7-28/h2-3,8-11,22H,4-7H2,1H3,(H,26,30). The van der Waals surface area contributed by atoms with Crippen LogP contribution in [-0.4, -0.2) is 56.7 Å². The van der Waals surface area contributed by atoms with Crippen LogP contribution >= 0.6 is 0 Å². The minimum atomic E-state index is -0.521. The number of imidazole rings is 1. The van der Waals surface area contributed by atoms with Crippen LogP contribution in [0.5, 0.6) is 0 Å². The molecule has 1 aliphatic heterocycles. The Labute approximate surface area is 171 Å². The van der Waals surface area contributed by atoms with E-state index in [0.29, 0.717) is 16.9 Å². The van der Waals surface area contributed by atoms with E-state index >= 15 is 0 Å². The molecular formula is C20H19FN8O. The van der Waals surface area contributed by atoms with Gasteiger partial charge in [-0.25, -0.2) is 14.4 Å². The molecule has 9 nitrogen and oxygen atoms in total. The lowest BCUT2D eigenvalue weighted by atomic mass is 10.1. The maximum absolute atomic E-state index is 14.3. The molecule has 0 unspecified atom stereocenters. The fourth-order valence-electron chi connectivity index (χ4n) is 3.73. The van der Waals surface area contributed by atoms with Crippen LogP contribution in [-0.2, 0) is 0 Å². The molecule has 152 valence electrons. The van der Waals surface area contributed by atoms with E-state index in [1.807, 2.05) is 6.07 Å². The summed E-state index contributed by atoms with van der Waals surface area (Å²) in [4.78, 5) is 23.7. The van der Waals surface area contributed by atoms with E-state index in [1.165, 1.54) is 6.07 Å². The first-order chi connectivity index (χ1) is 14.6. The molecule has 1 aliphatic rings. The molecule has 0 bridgehead atoms. The summed E-state index contributed by atoms with van der Waals surface area (Å²) in [5.41, 5.74) is 2.65. The summed E-state index contributed by atoms with van der Waals surface area (Å²) in [5, 5.41) is 14.9. The Morgan fingerprint density at radius 3 is 2.93 bits per heavy atom. The van der Waals surface area contributed by atoms with Crippen LogP contribution < -0.4 is 15.5 Å². The van der Waals surface area contributed by atoms with Gasteiger partial charge in [0.15, 0.2) is 17.2 Å². The van der Waals surface area contributed by atoms with Crippen LogP contribution in [0.4, 0.5) is 15.8 Å². The second kappa shape index (κ2) is 7.30. The zero-order chi connectivity index (χ0) is 20.7. The van der Waals surface area contributed by atoms with Gasteiger partial charge in [-0.15, -0.1) is 5.10 Å². The van der Waals surface area contributed by atoms with Gasteiger partial charge in [0.2, 0.25) is 0 Å². The largest absolute Gasteiger partial charge is 0.367 e. The summed E-state index contributed by atoms with van der Waals surface area (Å²) in [6.45, 7) is 5.22. The Hall–Kier alpha value is -3.66. The van der Waals surface area contributed by atoms with Gasteiger partial charge in [0, 0.05) is 50.0 Å². The van der Waals surface area contributed by atoms with Crippen molar-refractivity contribution in [2.45, 2.75) is 6.92 Å². The molecule has 0 atom stereocenters. The second-order valence-corrected chi connectivity index (χ2v) is 7.17. The minimum absolute atomic E-state index is 0.138. The van der Waals surface area contributed by atoms with Crippen molar-refractivity contribution in [2.75, 3.05) is 36.4 Å². The molecule has 10 heteroatoms. The van der Waals surface area contributed by atoms with Crippen LogP contribution in [0.1, 0.15) is 16.2 Å². The number of nitrogens with one attached hydrogen (secondary N) is 2. The molecule has 30 heavy (non-hydrogen) atoms. The summed E-state index contributed by atoms with van der Waals surface area (Å²) < 4.78 is 15.9.